The molecule has 0 aliphatic carbocycles. The van der Waals surface area contributed by atoms with E-state index in [0.717, 1.165) is 11.3 Å². The van der Waals surface area contributed by atoms with Gasteiger partial charge in [0.2, 0.25) is 5.91 Å². The van der Waals surface area contributed by atoms with Crippen molar-refractivity contribution in [2.75, 3.05) is 10.7 Å². The van der Waals surface area contributed by atoms with E-state index in [4.69, 9.17) is 0 Å². The van der Waals surface area contributed by atoms with E-state index in [1.165, 1.54) is 0 Å². The van der Waals surface area contributed by atoms with Gasteiger partial charge in [0.15, 0.2) is 9.84 Å². The van der Waals surface area contributed by atoms with Crippen LogP contribution >= 0.6 is 0 Å². The van der Waals surface area contributed by atoms with Crippen LogP contribution in [0.15, 0.2) is 24.3 Å². The van der Waals surface area contributed by atoms with E-state index in [1.807, 2.05) is 31.2 Å². The number of benzene rings is 1. The van der Waals surface area contributed by atoms with Crippen molar-refractivity contribution in [1.29, 1.82) is 0 Å². The molecule has 3 rings (SSSR count). The number of hydrogen-bond acceptors (Lipinski definition) is 3. The molecule has 1 aromatic carbocycles. The molecule has 2 aliphatic rings. The molecule has 2 aliphatic heterocycles. The second-order valence-electron chi connectivity index (χ2n) is 4.75. The first-order chi connectivity index (χ1) is 7.99. The van der Waals surface area contributed by atoms with Gasteiger partial charge in [-0.3, -0.25) is 4.79 Å². The molecular weight excluding hydrogens is 238 g/mol. The summed E-state index contributed by atoms with van der Waals surface area (Å²) in [5, 5.41) is -0.798. The minimum atomic E-state index is -3.18. The highest BCUT2D eigenvalue weighted by Gasteiger charge is 2.54. The maximum absolute atomic E-state index is 12.0. The van der Waals surface area contributed by atoms with Gasteiger partial charge in [0.1, 0.15) is 5.25 Å². The van der Waals surface area contributed by atoms with E-state index in [-0.39, 0.29) is 17.7 Å². The Hall–Kier alpha value is -1.36. The number of anilines is 1. The predicted octanol–water partition coefficient (Wildman–Crippen LogP) is 0.897. The minimum absolute atomic E-state index is 0.108. The minimum Gasteiger partial charge on any atom is -0.307 e. The Morgan fingerprint density at radius 2 is 2.12 bits per heavy atom. The zero-order valence-corrected chi connectivity index (χ0v) is 10.3. The summed E-state index contributed by atoms with van der Waals surface area (Å²) in [6.45, 7) is 1.96. The zero-order valence-electron chi connectivity index (χ0n) is 9.46. The molecule has 2 atom stereocenters. The van der Waals surface area contributed by atoms with E-state index < -0.39 is 15.1 Å². The van der Waals surface area contributed by atoms with E-state index in [0.29, 0.717) is 6.42 Å². The number of rotatable bonds is 1. The maximum Gasteiger partial charge on any atom is 0.245 e. The first-order valence-electron chi connectivity index (χ1n) is 5.60. The standard InChI is InChI=1S/C12H13NO3S/c1-8-3-2-4-9(5-8)13-10-6-11(12(13)14)17(15,16)7-10/h2-5,10-11H,6-7H2,1H3. The Labute approximate surface area is 100 Å². The van der Waals surface area contributed by atoms with E-state index >= 15 is 0 Å². The summed E-state index contributed by atoms with van der Waals surface area (Å²) < 4.78 is 23.3. The Balaban J connectivity index is 2.01. The average Bonchev–Trinajstić information content (AvgIpc) is 2.70. The summed E-state index contributed by atoms with van der Waals surface area (Å²) in [7, 11) is -3.18. The summed E-state index contributed by atoms with van der Waals surface area (Å²) in [5.74, 6) is -0.149. The molecule has 5 heteroatoms. The van der Waals surface area contributed by atoms with Crippen LogP contribution in [0.25, 0.3) is 0 Å². The molecule has 0 aromatic heterocycles. The number of sulfone groups is 1. The monoisotopic (exact) mass is 251 g/mol. The topological polar surface area (TPSA) is 54.5 Å². The van der Waals surface area contributed by atoms with E-state index in [1.54, 1.807) is 4.90 Å². The van der Waals surface area contributed by atoms with Crippen molar-refractivity contribution in [1.82, 2.24) is 0 Å². The lowest BCUT2D eigenvalue weighted by atomic mass is 10.2. The molecule has 2 unspecified atom stereocenters. The highest BCUT2D eigenvalue weighted by Crippen LogP contribution is 2.37. The third-order valence-electron chi connectivity index (χ3n) is 3.50. The number of carbonyl (C=O) groups is 1. The Morgan fingerprint density at radius 1 is 1.35 bits per heavy atom. The normalized spacial score (nSPS) is 29.9. The fourth-order valence-electron chi connectivity index (χ4n) is 2.73. The summed E-state index contributed by atoms with van der Waals surface area (Å²) in [5.41, 5.74) is 1.89. The summed E-state index contributed by atoms with van der Waals surface area (Å²) in [6.07, 6.45) is 0.453. The van der Waals surface area contributed by atoms with Gasteiger partial charge in [0.25, 0.3) is 0 Å². The third-order valence-corrected chi connectivity index (χ3v) is 5.61. The molecular formula is C12H13NO3S. The van der Waals surface area contributed by atoms with Crippen LogP contribution in [0.1, 0.15) is 12.0 Å². The highest BCUT2D eigenvalue weighted by atomic mass is 32.2. The number of hydrogen-bond donors (Lipinski definition) is 0. The molecule has 0 N–H and O–H groups in total. The highest BCUT2D eigenvalue weighted by molar-refractivity contribution is 7.93. The van der Waals surface area contributed by atoms with Crippen molar-refractivity contribution >= 4 is 21.4 Å². The third kappa shape index (κ3) is 1.49. The number of amides is 1. The summed E-state index contributed by atoms with van der Waals surface area (Å²) in [6, 6.07) is 7.46. The summed E-state index contributed by atoms with van der Waals surface area (Å²) >= 11 is 0. The quantitative estimate of drug-likeness (QED) is 0.745. The van der Waals surface area contributed by atoms with Crippen molar-refractivity contribution < 1.29 is 13.2 Å². The fraction of sp³-hybridized carbons (Fsp3) is 0.417. The van der Waals surface area contributed by atoms with Crippen molar-refractivity contribution in [2.24, 2.45) is 0 Å². The number of fused-ring (bicyclic) bond motifs is 2. The van der Waals surface area contributed by atoms with Crippen molar-refractivity contribution in [2.45, 2.75) is 24.6 Å². The van der Waals surface area contributed by atoms with Gasteiger partial charge in [0.05, 0.1) is 11.8 Å². The molecule has 0 saturated carbocycles. The van der Waals surface area contributed by atoms with Gasteiger partial charge in [-0.15, -0.1) is 0 Å². The predicted molar refractivity (Wildman–Crippen MR) is 64.6 cm³/mol. The van der Waals surface area contributed by atoms with Gasteiger partial charge in [-0.05, 0) is 31.0 Å². The Bertz CT molecular complexity index is 594. The van der Waals surface area contributed by atoms with Crippen LogP contribution in [0.2, 0.25) is 0 Å². The van der Waals surface area contributed by atoms with Gasteiger partial charge in [0, 0.05) is 5.69 Å². The largest absolute Gasteiger partial charge is 0.307 e. The lowest BCUT2D eigenvalue weighted by Crippen LogP contribution is -2.45. The van der Waals surface area contributed by atoms with Crippen molar-refractivity contribution in [3.05, 3.63) is 29.8 Å². The van der Waals surface area contributed by atoms with Crippen LogP contribution < -0.4 is 4.90 Å². The maximum atomic E-state index is 12.0. The Kier molecular flexibility index (Phi) is 2.10. The number of nitrogens with zero attached hydrogens (tertiary/aromatic N) is 1. The van der Waals surface area contributed by atoms with Crippen LogP contribution in [-0.2, 0) is 14.6 Å². The van der Waals surface area contributed by atoms with E-state index in [2.05, 4.69) is 0 Å². The van der Waals surface area contributed by atoms with Gasteiger partial charge in [-0.1, -0.05) is 12.1 Å². The van der Waals surface area contributed by atoms with Gasteiger partial charge in [-0.2, -0.15) is 0 Å². The molecule has 2 bridgehead atoms. The van der Waals surface area contributed by atoms with Gasteiger partial charge >= 0.3 is 0 Å². The molecule has 4 nitrogen and oxygen atoms in total. The van der Waals surface area contributed by atoms with Crippen molar-refractivity contribution in [3.8, 4) is 0 Å². The molecule has 1 aromatic rings. The lowest BCUT2D eigenvalue weighted by Gasteiger charge is -2.27. The molecule has 1 amide bonds. The van der Waals surface area contributed by atoms with Crippen LogP contribution in [-0.4, -0.2) is 31.4 Å². The van der Waals surface area contributed by atoms with Gasteiger partial charge in [-0.25, -0.2) is 8.42 Å². The molecule has 2 saturated heterocycles. The number of aryl methyl sites for hydroxylation is 1. The van der Waals surface area contributed by atoms with Crippen LogP contribution in [0.4, 0.5) is 5.69 Å². The lowest BCUT2D eigenvalue weighted by molar-refractivity contribution is -0.117. The van der Waals surface area contributed by atoms with Crippen molar-refractivity contribution in [3.63, 3.8) is 0 Å². The second kappa shape index (κ2) is 3.32. The molecule has 0 radical (unpaired) electrons. The van der Waals surface area contributed by atoms with E-state index in [9.17, 15) is 13.2 Å². The molecule has 90 valence electrons. The summed E-state index contributed by atoms with van der Waals surface area (Å²) in [4.78, 5) is 13.7. The molecule has 2 heterocycles. The first kappa shape index (κ1) is 10.8. The zero-order chi connectivity index (χ0) is 12.2. The van der Waals surface area contributed by atoms with Crippen LogP contribution in [0.5, 0.6) is 0 Å². The second-order valence-corrected chi connectivity index (χ2v) is 6.98. The fourth-order valence-corrected chi connectivity index (χ4v) is 4.72. The molecule has 2 fully saturated rings. The average molecular weight is 251 g/mol. The van der Waals surface area contributed by atoms with Gasteiger partial charge < -0.3 is 4.90 Å². The molecule has 0 spiro atoms. The SMILES string of the molecule is Cc1cccc(N2C(=O)C3CC2CS3(=O)=O)c1. The molecule has 17 heavy (non-hydrogen) atoms. The van der Waals surface area contributed by atoms with Crippen LogP contribution in [0, 0.1) is 6.92 Å². The first-order valence-corrected chi connectivity index (χ1v) is 7.32. The number of carbonyl (C=O) groups excluding carboxylic acids is 1. The van der Waals surface area contributed by atoms with Crippen LogP contribution in [0.3, 0.4) is 0 Å². The Morgan fingerprint density at radius 3 is 2.71 bits per heavy atom. The smallest absolute Gasteiger partial charge is 0.245 e.